The molecule has 0 saturated heterocycles. The summed E-state index contributed by atoms with van der Waals surface area (Å²) in [5.41, 5.74) is 1.36. The van der Waals surface area contributed by atoms with Crippen LogP contribution in [0.4, 0.5) is 0 Å². The van der Waals surface area contributed by atoms with Gasteiger partial charge in [0.1, 0.15) is 5.03 Å². The van der Waals surface area contributed by atoms with Gasteiger partial charge in [0.15, 0.2) is 0 Å². The third-order valence-corrected chi connectivity index (χ3v) is 5.46. The van der Waals surface area contributed by atoms with E-state index in [1.165, 1.54) is 42.7 Å². The smallest absolute Gasteiger partial charge is 0.101 e. The van der Waals surface area contributed by atoms with Gasteiger partial charge in [-0.1, -0.05) is 32.8 Å². The Bertz CT molecular complexity index is 408. The fourth-order valence-corrected chi connectivity index (χ4v) is 4.47. The lowest BCUT2D eigenvalue weighted by Crippen LogP contribution is -2.21. The van der Waals surface area contributed by atoms with Crippen LogP contribution >= 0.6 is 11.8 Å². The van der Waals surface area contributed by atoms with E-state index < -0.39 is 0 Å². The van der Waals surface area contributed by atoms with E-state index >= 15 is 0 Å². The second-order valence-corrected chi connectivity index (χ2v) is 7.37. The molecule has 1 aliphatic carbocycles. The lowest BCUT2D eigenvalue weighted by molar-refractivity contribution is 0.394. The highest BCUT2D eigenvalue weighted by Gasteiger charge is 2.22. The molecule has 0 radical (unpaired) electrons. The molecule has 1 aliphatic rings. The number of nitrogens with zero attached hydrogens (tertiary/aromatic N) is 1. The van der Waals surface area contributed by atoms with Crippen molar-refractivity contribution in [1.82, 2.24) is 10.3 Å². The van der Waals surface area contributed by atoms with Crippen molar-refractivity contribution in [2.75, 3.05) is 6.54 Å². The summed E-state index contributed by atoms with van der Waals surface area (Å²) >= 11 is 2.01. The Hall–Kier alpha value is -0.540. The van der Waals surface area contributed by atoms with Crippen molar-refractivity contribution in [2.45, 2.75) is 69.2 Å². The Balaban J connectivity index is 2.03. The second kappa shape index (κ2) is 8.04. The molecular weight excluding hydrogens is 264 g/mol. The Labute approximate surface area is 128 Å². The number of nitrogens with one attached hydrogen (secondary N) is 1. The highest BCUT2D eigenvalue weighted by Crippen LogP contribution is 2.37. The van der Waals surface area contributed by atoms with Gasteiger partial charge in [-0.2, -0.15) is 0 Å². The number of hydrogen-bond acceptors (Lipinski definition) is 3. The number of rotatable bonds is 6. The number of pyridine rings is 1. The second-order valence-electron chi connectivity index (χ2n) is 6.09. The predicted molar refractivity (Wildman–Crippen MR) is 88.2 cm³/mol. The monoisotopic (exact) mass is 292 g/mol. The maximum Gasteiger partial charge on any atom is 0.101 e. The molecule has 3 heteroatoms. The summed E-state index contributed by atoms with van der Waals surface area (Å²) in [6, 6.07) is 4.69. The van der Waals surface area contributed by atoms with E-state index in [1.54, 1.807) is 0 Å². The molecule has 1 aromatic rings. The van der Waals surface area contributed by atoms with Gasteiger partial charge in [0.2, 0.25) is 0 Å². The average molecular weight is 292 g/mol. The standard InChI is InChI=1S/C17H28N2S/c1-4-10-18-14(3)16-9-6-11-19-17(16)20-15-8-5-7-13(2)12-15/h6,9,11,13-15,18H,4-5,7-8,10,12H2,1-3H3. The van der Waals surface area contributed by atoms with Crippen molar-refractivity contribution in [3.63, 3.8) is 0 Å². The fourth-order valence-electron chi connectivity index (χ4n) is 2.95. The van der Waals surface area contributed by atoms with Crippen LogP contribution in [0.15, 0.2) is 23.4 Å². The summed E-state index contributed by atoms with van der Waals surface area (Å²) in [5, 5.41) is 5.58. The third-order valence-electron chi connectivity index (χ3n) is 4.13. The van der Waals surface area contributed by atoms with E-state index in [0.717, 1.165) is 17.7 Å². The first-order valence-electron chi connectivity index (χ1n) is 8.05. The summed E-state index contributed by atoms with van der Waals surface area (Å²) in [4.78, 5) is 4.65. The zero-order valence-corrected chi connectivity index (χ0v) is 13.9. The minimum Gasteiger partial charge on any atom is -0.310 e. The number of aromatic nitrogens is 1. The fraction of sp³-hybridized carbons (Fsp3) is 0.706. The molecule has 0 aromatic carbocycles. The molecule has 1 aromatic heterocycles. The van der Waals surface area contributed by atoms with Crippen molar-refractivity contribution in [3.8, 4) is 0 Å². The van der Waals surface area contributed by atoms with E-state index in [1.807, 2.05) is 18.0 Å². The van der Waals surface area contributed by atoms with Gasteiger partial charge in [-0.15, -0.1) is 11.8 Å². The molecule has 1 saturated carbocycles. The largest absolute Gasteiger partial charge is 0.310 e. The van der Waals surface area contributed by atoms with E-state index in [2.05, 4.69) is 43.2 Å². The molecular formula is C17H28N2S. The van der Waals surface area contributed by atoms with Crippen molar-refractivity contribution in [3.05, 3.63) is 23.9 Å². The minimum atomic E-state index is 0.396. The first-order chi connectivity index (χ1) is 9.70. The summed E-state index contributed by atoms with van der Waals surface area (Å²) in [6.07, 6.45) is 8.59. The molecule has 0 aliphatic heterocycles. The van der Waals surface area contributed by atoms with E-state index in [0.29, 0.717) is 6.04 Å². The third kappa shape index (κ3) is 4.49. The van der Waals surface area contributed by atoms with Crippen LogP contribution in [-0.4, -0.2) is 16.8 Å². The zero-order valence-electron chi connectivity index (χ0n) is 13.1. The first-order valence-corrected chi connectivity index (χ1v) is 8.93. The van der Waals surface area contributed by atoms with Crippen LogP contribution in [0.2, 0.25) is 0 Å². The molecule has 112 valence electrons. The summed E-state index contributed by atoms with van der Waals surface area (Å²) < 4.78 is 0. The summed E-state index contributed by atoms with van der Waals surface area (Å²) in [7, 11) is 0. The molecule has 1 N–H and O–H groups in total. The van der Waals surface area contributed by atoms with Crippen LogP contribution < -0.4 is 5.32 Å². The Morgan fingerprint density at radius 3 is 3.05 bits per heavy atom. The van der Waals surface area contributed by atoms with Gasteiger partial charge < -0.3 is 5.32 Å². The molecule has 0 bridgehead atoms. The predicted octanol–water partition coefficient (Wildman–Crippen LogP) is 4.81. The van der Waals surface area contributed by atoms with Crippen LogP contribution in [0.5, 0.6) is 0 Å². The van der Waals surface area contributed by atoms with Gasteiger partial charge in [-0.05, 0) is 44.7 Å². The summed E-state index contributed by atoms with van der Waals surface area (Å²) in [5.74, 6) is 0.879. The normalized spacial score (nSPS) is 24.6. The molecule has 0 spiro atoms. The van der Waals surface area contributed by atoms with Gasteiger partial charge in [0.05, 0.1) is 0 Å². The minimum absolute atomic E-state index is 0.396. The van der Waals surface area contributed by atoms with E-state index in [9.17, 15) is 0 Å². The molecule has 3 atom stereocenters. The van der Waals surface area contributed by atoms with Gasteiger partial charge in [0, 0.05) is 23.1 Å². The van der Waals surface area contributed by atoms with Crippen molar-refractivity contribution < 1.29 is 0 Å². The molecule has 2 rings (SSSR count). The Kier molecular flexibility index (Phi) is 6.37. The van der Waals surface area contributed by atoms with Crippen molar-refractivity contribution in [1.29, 1.82) is 0 Å². The summed E-state index contributed by atoms with van der Waals surface area (Å²) in [6.45, 7) is 7.92. The van der Waals surface area contributed by atoms with Crippen LogP contribution in [0.1, 0.15) is 64.5 Å². The maximum atomic E-state index is 4.65. The van der Waals surface area contributed by atoms with E-state index in [4.69, 9.17) is 0 Å². The van der Waals surface area contributed by atoms with Crippen molar-refractivity contribution >= 4 is 11.8 Å². The topological polar surface area (TPSA) is 24.9 Å². The van der Waals surface area contributed by atoms with Gasteiger partial charge in [0.25, 0.3) is 0 Å². The quantitative estimate of drug-likeness (QED) is 0.814. The first kappa shape index (κ1) is 15.8. The highest BCUT2D eigenvalue weighted by atomic mass is 32.2. The molecule has 0 amide bonds. The Morgan fingerprint density at radius 1 is 1.45 bits per heavy atom. The van der Waals surface area contributed by atoms with Gasteiger partial charge >= 0.3 is 0 Å². The molecule has 1 heterocycles. The molecule has 1 fully saturated rings. The Morgan fingerprint density at radius 2 is 2.30 bits per heavy atom. The lowest BCUT2D eigenvalue weighted by Gasteiger charge is -2.27. The van der Waals surface area contributed by atoms with Crippen molar-refractivity contribution in [2.24, 2.45) is 5.92 Å². The van der Waals surface area contributed by atoms with E-state index in [-0.39, 0.29) is 0 Å². The molecule has 20 heavy (non-hydrogen) atoms. The maximum absolute atomic E-state index is 4.65. The average Bonchev–Trinajstić information content (AvgIpc) is 2.45. The SMILES string of the molecule is CCCNC(C)c1cccnc1SC1CCCC(C)C1. The van der Waals surface area contributed by atoms with Crippen LogP contribution in [0.3, 0.4) is 0 Å². The van der Waals surface area contributed by atoms with Gasteiger partial charge in [-0.25, -0.2) is 4.98 Å². The molecule has 3 unspecified atom stereocenters. The number of hydrogen-bond donors (Lipinski definition) is 1. The van der Waals surface area contributed by atoms with Crippen LogP contribution in [0, 0.1) is 5.92 Å². The zero-order chi connectivity index (χ0) is 14.4. The molecule has 2 nitrogen and oxygen atoms in total. The highest BCUT2D eigenvalue weighted by molar-refractivity contribution is 7.99. The number of thioether (sulfide) groups is 1. The van der Waals surface area contributed by atoms with Crippen LogP contribution in [-0.2, 0) is 0 Å². The van der Waals surface area contributed by atoms with Gasteiger partial charge in [-0.3, -0.25) is 0 Å². The van der Waals surface area contributed by atoms with Crippen LogP contribution in [0.25, 0.3) is 0 Å². The lowest BCUT2D eigenvalue weighted by atomic mass is 9.91.